The van der Waals surface area contributed by atoms with Crippen LogP contribution in [0, 0.1) is 13.8 Å². The number of aliphatic hydroxyl groups is 1. The van der Waals surface area contributed by atoms with Crippen molar-refractivity contribution < 1.29 is 13.5 Å². The molecule has 0 spiro atoms. The van der Waals surface area contributed by atoms with E-state index in [0.29, 0.717) is 17.8 Å². The van der Waals surface area contributed by atoms with E-state index < -0.39 is 16.1 Å². The third-order valence-corrected chi connectivity index (χ3v) is 5.21. The van der Waals surface area contributed by atoms with Gasteiger partial charge in [-0.1, -0.05) is 30.3 Å². The number of aromatic nitrogens is 2. The number of nitrogens with one attached hydrogen (secondary N) is 1. The lowest BCUT2D eigenvalue weighted by Gasteiger charge is -2.12. The van der Waals surface area contributed by atoms with Crippen molar-refractivity contribution in [2.24, 2.45) is 7.05 Å². The van der Waals surface area contributed by atoms with Crippen LogP contribution in [0.15, 0.2) is 35.2 Å². The Bertz CT molecular complexity index is 739. The zero-order valence-electron chi connectivity index (χ0n) is 12.9. The third kappa shape index (κ3) is 3.73. The van der Waals surface area contributed by atoms with Gasteiger partial charge in [-0.25, -0.2) is 13.1 Å². The van der Waals surface area contributed by atoms with Gasteiger partial charge in [0.25, 0.3) is 0 Å². The summed E-state index contributed by atoms with van der Waals surface area (Å²) >= 11 is 0. The SMILES string of the molecule is Cc1nn(C)c(C)c1S(=O)(=O)NC[C@@H](O)Cc1ccccc1. The minimum Gasteiger partial charge on any atom is -0.391 e. The van der Waals surface area contributed by atoms with Gasteiger partial charge in [-0.05, 0) is 25.8 Å². The minimum atomic E-state index is -3.68. The molecule has 0 radical (unpaired) electrons. The van der Waals surface area contributed by atoms with Crippen molar-refractivity contribution in [2.75, 3.05) is 6.54 Å². The molecule has 0 aliphatic carbocycles. The fourth-order valence-electron chi connectivity index (χ4n) is 2.38. The van der Waals surface area contributed by atoms with Crippen LogP contribution in [-0.4, -0.2) is 36.0 Å². The number of hydrogen-bond acceptors (Lipinski definition) is 4. The first kappa shape index (κ1) is 16.7. The summed E-state index contributed by atoms with van der Waals surface area (Å²) < 4.78 is 28.7. The van der Waals surface area contributed by atoms with E-state index in [1.807, 2.05) is 30.3 Å². The predicted octanol–water partition coefficient (Wildman–Crippen LogP) is 0.919. The molecule has 1 aromatic heterocycles. The molecule has 2 rings (SSSR count). The monoisotopic (exact) mass is 323 g/mol. The predicted molar refractivity (Wildman–Crippen MR) is 84.0 cm³/mol. The maximum absolute atomic E-state index is 12.4. The summed E-state index contributed by atoms with van der Waals surface area (Å²) in [7, 11) is -1.98. The Labute approximate surface area is 130 Å². The van der Waals surface area contributed by atoms with Crippen molar-refractivity contribution in [3.8, 4) is 0 Å². The first-order chi connectivity index (χ1) is 10.3. The van der Waals surface area contributed by atoms with Crippen LogP contribution in [0.2, 0.25) is 0 Å². The maximum Gasteiger partial charge on any atom is 0.244 e. The molecular formula is C15H21N3O3S. The summed E-state index contributed by atoms with van der Waals surface area (Å²) in [5.41, 5.74) is 1.98. The van der Waals surface area contributed by atoms with E-state index in [9.17, 15) is 13.5 Å². The van der Waals surface area contributed by atoms with E-state index in [-0.39, 0.29) is 11.4 Å². The first-order valence-electron chi connectivity index (χ1n) is 7.03. The summed E-state index contributed by atoms with van der Waals surface area (Å²) in [5.74, 6) is 0. The molecule has 2 N–H and O–H groups in total. The molecule has 22 heavy (non-hydrogen) atoms. The van der Waals surface area contributed by atoms with Crippen molar-refractivity contribution in [3.05, 3.63) is 47.3 Å². The lowest BCUT2D eigenvalue weighted by atomic mass is 10.1. The van der Waals surface area contributed by atoms with Gasteiger partial charge >= 0.3 is 0 Å². The van der Waals surface area contributed by atoms with E-state index in [1.165, 1.54) is 4.68 Å². The molecule has 0 unspecified atom stereocenters. The normalized spacial score (nSPS) is 13.3. The topological polar surface area (TPSA) is 84.2 Å². The van der Waals surface area contributed by atoms with E-state index in [1.54, 1.807) is 20.9 Å². The number of nitrogens with zero attached hydrogens (tertiary/aromatic N) is 2. The van der Waals surface area contributed by atoms with Gasteiger partial charge in [0, 0.05) is 13.6 Å². The van der Waals surface area contributed by atoms with Gasteiger partial charge in [-0.15, -0.1) is 0 Å². The highest BCUT2D eigenvalue weighted by molar-refractivity contribution is 7.89. The molecular weight excluding hydrogens is 302 g/mol. The Balaban J connectivity index is 2.04. The number of hydrogen-bond donors (Lipinski definition) is 2. The second kappa shape index (κ2) is 6.60. The summed E-state index contributed by atoms with van der Waals surface area (Å²) in [4.78, 5) is 0.182. The second-order valence-corrected chi connectivity index (χ2v) is 7.02. The summed E-state index contributed by atoms with van der Waals surface area (Å²) in [6.07, 6.45) is -0.386. The Morgan fingerprint density at radius 1 is 1.27 bits per heavy atom. The molecule has 0 saturated heterocycles. The van der Waals surface area contributed by atoms with Crippen LogP contribution in [-0.2, 0) is 23.5 Å². The molecule has 1 heterocycles. The average Bonchev–Trinajstić information content (AvgIpc) is 2.72. The van der Waals surface area contributed by atoms with Crippen LogP contribution >= 0.6 is 0 Å². The highest BCUT2D eigenvalue weighted by Gasteiger charge is 2.24. The van der Waals surface area contributed by atoms with Gasteiger partial charge in [0.2, 0.25) is 10.0 Å². The fraction of sp³-hybridized carbons (Fsp3) is 0.400. The number of aliphatic hydroxyl groups excluding tert-OH is 1. The average molecular weight is 323 g/mol. The first-order valence-corrected chi connectivity index (χ1v) is 8.51. The molecule has 6 nitrogen and oxygen atoms in total. The lowest BCUT2D eigenvalue weighted by Crippen LogP contribution is -2.33. The Morgan fingerprint density at radius 3 is 2.45 bits per heavy atom. The number of rotatable bonds is 6. The van der Waals surface area contributed by atoms with E-state index in [0.717, 1.165) is 5.56 Å². The number of sulfonamides is 1. The molecule has 1 atom stereocenters. The molecule has 0 saturated carbocycles. The van der Waals surface area contributed by atoms with Crippen molar-refractivity contribution in [2.45, 2.75) is 31.3 Å². The highest BCUT2D eigenvalue weighted by atomic mass is 32.2. The lowest BCUT2D eigenvalue weighted by molar-refractivity contribution is 0.179. The molecule has 0 amide bonds. The fourth-order valence-corrected chi connectivity index (χ4v) is 3.89. The molecule has 1 aromatic carbocycles. The van der Waals surface area contributed by atoms with Crippen LogP contribution < -0.4 is 4.72 Å². The van der Waals surface area contributed by atoms with Gasteiger partial charge in [-0.2, -0.15) is 5.10 Å². The molecule has 7 heteroatoms. The zero-order valence-corrected chi connectivity index (χ0v) is 13.8. The molecule has 0 fully saturated rings. The Hall–Kier alpha value is -1.70. The van der Waals surface area contributed by atoms with Gasteiger partial charge < -0.3 is 5.11 Å². The zero-order chi connectivity index (χ0) is 16.3. The molecule has 120 valence electrons. The van der Waals surface area contributed by atoms with Crippen molar-refractivity contribution >= 4 is 10.0 Å². The molecule has 0 bridgehead atoms. The molecule has 0 aliphatic heterocycles. The Morgan fingerprint density at radius 2 is 1.91 bits per heavy atom. The van der Waals surface area contributed by atoms with Crippen molar-refractivity contribution in [3.63, 3.8) is 0 Å². The van der Waals surface area contributed by atoms with Crippen molar-refractivity contribution in [1.29, 1.82) is 0 Å². The highest BCUT2D eigenvalue weighted by Crippen LogP contribution is 2.18. The van der Waals surface area contributed by atoms with Gasteiger partial charge in [0.1, 0.15) is 4.90 Å². The number of benzene rings is 1. The summed E-state index contributed by atoms with van der Waals surface area (Å²) in [5, 5.41) is 14.1. The standard InChI is InChI=1S/C15H21N3O3S/c1-11-15(12(2)18(3)17-11)22(20,21)16-10-14(19)9-13-7-5-4-6-8-13/h4-8,14,16,19H,9-10H2,1-3H3/t14-/m0/s1. The van der Waals surface area contributed by atoms with E-state index >= 15 is 0 Å². The third-order valence-electron chi connectivity index (χ3n) is 3.53. The van der Waals surface area contributed by atoms with Crippen LogP contribution in [0.1, 0.15) is 17.0 Å². The summed E-state index contributed by atoms with van der Waals surface area (Å²) in [6, 6.07) is 9.45. The van der Waals surface area contributed by atoms with Crippen LogP contribution in [0.3, 0.4) is 0 Å². The van der Waals surface area contributed by atoms with Crippen molar-refractivity contribution in [1.82, 2.24) is 14.5 Å². The van der Waals surface area contributed by atoms with Crippen LogP contribution in [0.5, 0.6) is 0 Å². The smallest absolute Gasteiger partial charge is 0.244 e. The minimum absolute atomic E-state index is 0.0367. The van der Waals surface area contributed by atoms with Crippen LogP contribution in [0.4, 0.5) is 0 Å². The number of aryl methyl sites for hydroxylation is 2. The molecule has 2 aromatic rings. The maximum atomic E-state index is 12.4. The van der Waals surface area contributed by atoms with Gasteiger partial charge in [0.15, 0.2) is 0 Å². The quantitative estimate of drug-likeness (QED) is 0.828. The van der Waals surface area contributed by atoms with Crippen LogP contribution in [0.25, 0.3) is 0 Å². The van der Waals surface area contributed by atoms with Gasteiger partial charge in [0.05, 0.1) is 17.5 Å². The second-order valence-electron chi connectivity index (χ2n) is 5.32. The largest absolute Gasteiger partial charge is 0.391 e. The Kier molecular flexibility index (Phi) is 5.00. The van der Waals surface area contributed by atoms with Gasteiger partial charge in [-0.3, -0.25) is 4.68 Å². The van der Waals surface area contributed by atoms with E-state index in [4.69, 9.17) is 0 Å². The summed E-state index contributed by atoms with van der Waals surface area (Å²) in [6.45, 7) is 3.32. The van der Waals surface area contributed by atoms with E-state index in [2.05, 4.69) is 9.82 Å². The molecule has 0 aliphatic rings.